The van der Waals surface area contributed by atoms with Crippen molar-refractivity contribution in [2.75, 3.05) is 38.2 Å². The minimum Gasteiger partial charge on any atom is -0.495 e. The van der Waals surface area contributed by atoms with Crippen molar-refractivity contribution in [3.63, 3.8) is 0 Å². The molecule has 1 saturated heterocycles. The largest absolute Gasteiger partial charge is 0.495 e. The zero-order chi connectivity index (χ0) is 17.8. The molecule has 0 radical (unpaired) electrons. The summed E-state index contributed by atoms with van der Waals surface area (Å²) in [5.41, 5.74) is 3.06. The Morgan fingerprint density at radius 1 is 1.00 bits per heavy atom. The molecule has 3 rings (SSSR count). The third kappa shape index (κ3) is 4.20. The molecule has 0 saturated carbocycles. The van der Waals surface area contributed by atoms with Gasteiger partial charge in [-0.05, 0) is 36.8 Å². The van der Waals surface area contributed by atoms with Crippen molar-refractivity contribution in [2.24, 2.45) is 5.10 Å². The molecule has 0 N–H and O–H groups in total. The molecule has 0 bridgehead atoms. The van der Waals surface area contributed by atoms with E-state index in [-0.39, 0.29) is 0 Å². The van der Waals surface area contributed by atoms with Gasteiger partial charge in [0.25, 0.3) is 0 Å². The number of para-hydroxylation sites is 2. The molecule has 0 atom stereocenters. The fourth-order valence-corrected chi connectivity index (χ4v) is 3.22. The van der Waals surface area contributed by atoms with E-state index in [1.165, 1.54) is 0 Å². The van der Waals surface area contributed by atoms with E-state index in [0.29, 0.717) is 10.0 Å². The van der Waals surface area contributed by atoms with Gasteiger partial charge in [0.15, 0.2) is 0 Å². The van der Waals surface area contributed by atoms with Crippen LogP contribution in [-0.4, -0.2) is 44.0 Å². The van der Waals surface area contributed by atoms with Gasteiger partial charge in [0, 0.05) is 13.1 Å². The van der Waals surface area contributed by atoms with Gasteiger partial charge in [-0.1, -0.05) is 41.4 Å². The van der Waals surface area contributed by atoms with Crippen LogP contribution in [0.5, 0.6) is 5.75 Å². The number of rotatable bonds is 4. The standard InChI is InChI=1S/C19H21Cl2N3O/c1-14(15-7-8-16(20)17(21)13-15)22-24-11-9-23(10-12-24)18-5-3-4-6-19(18)25-2/h3-8,13H,9-12H2,1-2H3/b22-14+. The molecule has 6 heteroatoms. The molecule has 4 nitrogen and oxygen atoms in total. The molecule has 1 aliphatic rings. The fourth-order valence-electron chi connectivity index (χ4n) is 2.92. The minimum atomic E-state index is 0.551. The summed E-state index contributed by atoms with van der Waals surface area (Å²) in [6.45, 7) is 5.51. The van der Waals surface area contributed by atoms with Gasteiger partial charge in [-0.3, -0.25) is 5.01 Å². The van der Waals surface area contributed by atoms with Gasteiger partial charge in [-0.15, -0.1) is 0 Å². The van der Waals surface area contributed by atoms with Crippen LogP contribution in [0.25, 0.3) is 0 Å². The van der Waals surface area contributed by atoms with Crippen molar-refractivity contribution >= 4 is 34.6 Å². The molecule has 0 aliphatic carbocycles. The fraction of sp³-hybridized carbons (Fsp3) is 0.316. The maximum absolute atomic E-state index is 6.10. The van der Waals surface area contributed by atoms with Gasteiger partial charge in [0.05, 0.1) is 41.6 Å². The molecule has 1 heterocycles. The van der Waals surface area contributed by atoms with E-state index in [1.807, 2.05) is 37.3 Å². The van der Waals surface area contributed by atoms with Crippen molar-refractivity contribution in [1.29, 1.82) is 0 Å². The van der Waals surface area contributed by atoms with Gasteiger partial charge in [-0.2, -0.15) is 5.10 Å². The molecule has 132 valence electrons. The number of anilines is 1. The number of ether oxygens (including phenoxy) is 1. The Hall–Kier alpha value is -1.91. The Labute approximate surface area is 158 Å². The Balaban J connectivity index is 1.66. The van der Waals surface area contributed by atoms with E-state index in [0.717, 1.165) is 48.9 Å². The number of methoxy groups -OCH3 is 1. The summed E-state index contributed by atoms with van der Waals surface area (Å²) in [6.07, 6.45) is 0. The molecule has 2 aromatic carbocycles. The first-order valence-corrected chi connectivity index (χ1v) is 8.97. The highest BCUT2D eigenvalue weighted by Crippen LogP contribution is 2.28. The van der Waals surface area contributed by atoms with E-state index < -0.39 is 0 Å². The van der Waals surface area contributed by atoms with Crippen molar-refractivity contribution in [1.82, 2.24) is 5.01 Å². The van der Waals surface area contributed by atoms with Crippen molar-refractivity contribution in [3.8, 4) is 5.75 Å². The summed E-state index contributed by atoms with van der Waals surface area (Å²) in [4.78, 5) is 2.33. The molecule has 1 aliphatic heterocycles. The average molecular weight is 378 g/mol. The molecule has 0 aromatic heterocycles. The summed E-state index contributed by atoms with van der Waals surface area (Å²) >= 11 is 12.1. The SMILES string of the molecule is COc1ccccc1N1CCN(/N=C(\C)c2ccc(Cl)c(Cl)c2)CC1. The predicted octanol–water partition coefficient (Wildman–Crippen LogP) is 4.55. The third-order valence-electron chi connectivity index (χ3n) is 4.31. The van der Waals surface area contributed by atoms with Gasteiger partial charge >= 0.3 is 0 Å². The summed E-state index contributed by atoms with van der Waals surface area (Å²) in [7, 11) is 1.71. The normalized spacial score (nSPS) is 15.4. The van der Waals surface area contributed by atoms with Crippen LogP contribution in [0.4, 0.5) is 5.69 Å². The Morgan fingerprint density at radius 3 is 2.40 bits per heavy atom. The molecule has 0 amide bonds. The summed E-state index contributed by atoms with van der Waals surface area (Å²) in [5.74, 6) is 0.909. The quantitative estimate of drug-likeness (QED) is 0.731. The number of benzene rings is 2. The number of nitrogens with zero attached hydrogens (tertiary/aromatic N) is 3. The Kier molecular flexibility index (Phi) is 5.71. The van der Waals surface area contributed by atoms with Gasteiger partial charge in [0.1, 0.15) is 5.75 Å². The monoisotopic (exact) mass is 377 g/mol. The first-order chi connectivity index (χ1) is 12.1. The van der Waals surface area contributed by atoms with Crippen LogP contribution < -0.4 is 9.64 Å². The molecule has 0 unspecified atom stereocenters. The van der Waals surface area contributed by atoms with Crippen LogP contribution in [0.1, 0.15) is 12.5 Å². The van der Waals surface area contributed by atoms with Crippen LogP contribution in [0.3, 0.4) is 0 Å². The van der Waals surface area contributed by atoms with Gasteiger partial charge in [0.2, 0.25) is 0 Å². The van der Waals surface area contributed by atoms with E-state index in [1.54, 1.807) is 13.2 Å². The second-order valence-corrected chi connectivity index (χ2v) is 6.74. The topological polar surface area (TPSA) is 28.1 Å². The molecule has 0 spiro atoms. The van der Waals surface area contributed by atoms with Crippen LogP contribution >= 0.6 is 23.2 Å². The van der Waals surface area contributed by atoms with Crippen LogP contribution in [0.2, 0.25) is 10.0 Å². The summed E-state index contributed by atoms with van der Waals surface area (Å²) < 4.78 is 5.46. The Bertz CT molecular complexity index is 771. The van der Waals surface area contributed by atoms with E-state index in [4.69, 9.17) is 33.0 Å². The van der Waals surface area contributed by atoms with Gasteiger partial charge in [-0.25, -0.2) is 0 Å². The molecular formula is C19H21Cl2N3O. The molecule has 25 heavy (non-hydrogen) atoms. The van der Waals surface area contributed by atoms with Crippen molar-refractivity contribution < 1.29 is 4.74 Å². The lowest BCUT2D eigenvalue weighted by molar-refractivity contribution is 0.269. The first-order valence-electron chi connectivity index (χ1n) is 8.22. The van der Waals surface area contributed by atoms with E-state index >= 15 is 0 Å². The lowest BCUT2D eigenvalue weighted by Crippen LogP contribution is -2.44. The highest BCUT2D eigenvalue weighted by atomic mass is 35.5. The predicted molar refractivity (Wildman–Crippen MR) is 105 cm³/mol. The zero-order valence-corrected chi connectivity index (χ0v) is 15.9. The highest BCUT2D eigenvalue weighted by molar-refractivity contribution is 6.42. The van der Waals surface area contributed by atoms with Crippen LogP contribution in [-0.2, 0) is 0 Å². The molecule has 1 fully saturated rings. The third-order valence-corrected chi connectivity index (χ3v) is 5.05. The van der Waals surface area contributed by atoms with Crippen molar-refractivity contribution in [3.05, 3.63) is 58.1 Å². The Morgan fingerprint density at radius 2 is 1.72 bits per heavy atom. The summed E-state index contributed by atoms with van der Waals surface area (Å²) in [5, 5.41) is 7.95. The molecule has 2 aromatic rings. The lowest BCUT2D eigenvalue weighted by atomic mass is 10.1. The first kappa shape index (κ1) is 17.9. The lowest BCUT2D eigenvalue weighted by Gasteiger charge is -2.35. The number of hydrogen-bond acceptors (Lipinski definition) is 4. The van der Waals surface area contributed by atoms with E-state index in [2.05, 4.69) is 16.0 Å². The van der Waals surface area contributed by atoms with E-state index in [9.17, 15) is 0 Å². The minimum absolute atomic E-state index is 0.551. The second-order valence-electron chi connectivity index (χ2n) is 5.93. The molecular weight excluding hydrogens is 357 g/mol. The number of hydrazone groups is 1. The van der Waals surface area contributed by atoms with Crippen LogP contribution in [0.15, 0.2) is 47.6 Å². The smallest absolute Gasteiger partial charge is 0.142 e. The number of piperazine rings is 1. The average Bonchev–Trinajstić information content (AvgIpc) is 2.64. The zero-order valence-electron chi connectivity index (χ0n) is 14.4. The summed E-state index contributed by atoms with van der Waals surface area (Å²) in [6, 6.07) is 13.7. The maximum atomic E-state index is 6.10. The van der Waals surface area contributed by atoms with Crippen LogP contribution in [0, 0.1) is 0 Å². The van der Waals surface area contributed by atoms with Gasteiger partial charge < -0.3 is 9.64 Å². The number of halogens is 2. The maximum Gasteiger partial charge on any atom is 0.142 e. The number of hydrogen-bond donors (Lipinski definition) is 0. The second kappa shape index (κ2) is 7.98. The highest BCUT2D eigenvalue weighted by Gasteiger charge is 2.18. The van der Waals surface area contributed by atoms with Crippen molar-refractivity contribution in [2.45, 2.75) is 6.92 Å².